The highest BCUT2D eigenvalue weighted by Gasteiger charge is 2.39. The monoisotopic (exact) mass is 603 g/mol. The second kappa shape index (κ2) is 11.3. The number of thiazole rings is 1. The van der Waals surface area contributed by atoms with Gasteiger partial charge in [-0.1, -0.05) is 12.1 Å². The Morgan fingerprint density at radius 3 is 2.33 bits per heavy atom. The van der Waals surface area contributed by atoms with Crippen LogP contribution in [0.25, 0.3) is 32.5 Å². The van der Waals surface area contributed by atoms with E-state index in [1.54, 1.807) is 24.5 Å². The first-order valence-electron chi connectivity index (χ1n) is 12.8. The number of carbonyl (C=O) groups is 2. The number of rotatable bonds is 9. The van der Waals surface area contributed by atoms with Gasteiger partial charge in [0.05, 0.1) is 21.7 Å². The second-order valence-corrected chi connectivity index (χ2v) is 12.7. The summed E-state index contributed by atoms with van der Waals surface area (Å²) in [6, 6.07) is 8.82. The van der Waals surface area contributed by atoms with Gasteiger partial charge in [-0.05, 0) is 36.6 Å². The normalized spacial score (nSPS) is 13.9. The van der Waals surface area contributed by atoms with E-state index < -0.39 is 39.3 Å². The maximum absolute atomic E-state index is 15.1. The van der Waals surface area contributed by atoms with E-state index in [0.717, 1.165) is 24.2 Å². The lowest BCUT2D eigenvalue weighted by Gasteiger charge is -2.16. The molecule has 1 atom stereocenters. The predicted octanol–water partition coefficient (Wildman–Crippen LogP) is 3.26. The molecule has 0 aliphatic heterocycles. The van der Waals surface area contributed by atoms with Crippen molar-refractivity contribution in [2.75, 3.05) is 6.54 Å². The highest BCUT2D eigenvalue weighted by molar-refractivity contribution is 7.92. The summed E-state index contributed by atoms with van der Waals surface area (Å²) in [5.41, 5.74) is 1.93. The fourth-order valence-electron chi connectivity index (χ4n) is 4.33. The number of nitrogens with one attached hydrogen (secondary N) is 2. The van der Waals surface area contributed by atoms with Gasteiger partial charge in [0.1, 0.15) is 23.5 Å². The largest absolute Gasteiger partial charge is 0.352 e. The number of carbonyl (C=O) groups excluding carboxylic acids is 2. The molecule has 5 aromatic rings. The number of sulfone groups is 1. The summed E-state index contributed by atoms with van der Waals surface area (Å²) in [5, 5.41) is 3.33. The van der Waals surface area contributed by atoms with E-state index in [2.05, 4.69) is 35.6 Å². The molecule has 1 aliphatic carbocycles. The predicted molar refractivity (Wildman–Crippen MR) is 152 cm³/mol. The van der Waals surface area contributed by atoms with Gasteiger partial charge in [-0.15, -0.1) is 11.3 Å². The zero-order valence-electron chi connectivity index (χ0n) is 21.8. The average molecular weight is 604 g/mol. The topological polar surface area (TPSA) is 157 Å². The molecule has 3 heterocycles. The van der Waals surface area contributed by atoms with Crippen LogP contribution in [0.4, 0.5) is 4.39 Å². The molecule has 6 rings (SSSR count). The van der Waals surface area contributed by atoms with Crippen molar-refractivity contribution < 1.29 is 22.4 Å². The maximum atomic E-state index is 15.1. The van der Waals surface area contributed by atoms with E-state index in [4.69, 9.17) is 0 Å². The quantitative estimate of drug-likeness (QED) is 0.258. The molecule has 2 amide bonds. The molecule has 0 bridgehead atoms. The Labute approximate surface area is 243 Å². The minimum atomic E-state index is -4.41. The number of hydrogen-bond donors (Lipinski definition) is 2. The van der Waals surface area contributed by atoms with Crippen LogP contribution in [-0.4, -0.2) is 57.7 Å². The Balaban J connectivity index is 1.40. The lowest BCUT2D eigenvalue weighted by molar-refractivity contribution is -0.126. The van der Waals surface area contributed by atoms with Crippen molar-refractivity contribution in [3.8, 4) is 22.3 Å². The summed E-state index contributed by atoms with van der Waals surface area (Å²) in [6.07, 6.45) is 10.4. The van der Waals surface area contributed by atoms with Crippen LogP contribution in [-0.2, 0) is 19.4 Å². The molecule has 14 heteroatoms. The summed E-state index contributed by atoms with van der Waals surface area (Å²) >= 11 is 0.949. The summed E-state index contributed by atoms with van der Waals surface area (Å²) < 4.78 is 43.7. The van der Waals surface area contributed by atoms with Gasteiger partial charge in [-0.25, -0.2) is 37.7 Å². The lowest BCUT2D eigenvalue weighted by Crippen LogP contribution is -2.41. The molecule has 1 unspecified atom stereocenters. The number of aromatic nitrogens is 5. The van der Waals surface area contributed by atoms with Gasteiger partial charge >= 0.3 is 0 Å². The van der Waals surface area contributed by atoms with Gasteiger partial charge in [0.2, 0.25) is 11.8 Å². The zero-order chi connectivity index (χ0) is 29.3. The Bertz CT molecular complexity index is 1900. The minimum Gasteiger partial charge on any atom is -0.352 e. The third-order valence-electron chi connectivity index (χ3n) is 6.56. The molecule has 42 heavy (non-hydrogen) atoms. The second-order valence-electron chi connectivity index (χ2n) is 9.62. The van der Waals surface area contributed by atoms with Gasteiger partial charge in [-0.3, -0.25) is 9.59 Å². The fourth-order valence-corrected chi connectivity index (χ4v) is 7.34. The molecule has 212 valence electrons. The van der Waals surface area contributed by atoms with Crippen molar-refractivity contribution in [1.29, 1.82) is 0 Å². The number of nitrogens with zero attached hydrogens (tertiary/aromatic N) is 5. The van der Waals surface area contributed by atoms with Crippen LogP contribution in [0.5, 0.6) is 0 Å². The van der Waals surface area contributed by atoms with Gasteiger partial charge in [-0.2, -0.15) is 0 Å². The summed E-state index contributed by atoms with van der Waals surface area (Å²) in [7, 11) is -4.41. The highest BCUT2D eigenvalue weighted by atomic mass is 32.2. The van der Waals surface area contributed by atoms with Crippen molar-refractivity contribution in [3.05, 3.63) is 84.7 Å². The van der Waals surface area contributed by atoms with Crippen LogP contribution < -0.4 is 10.6 Å². The number of benzene rings is 2. The van der Waals surface area contributed by atoms with Crippen molar-refractivity contribution >= 4 is 43.2 Å². The average Bonchev–Trinajstić information content (AvgIpc) is 3.73. The van der Waals surface area contributed by atoms with Crippen LogP contribution >= 0.6 is 11.3 Å². The lowest BCUT2D eigenvalue weighted by atomic mass is 10.1. The van der Waals surface area contributed by atoms with Gasteiger partial charge in [0.15, 0.2) is 15.1 Å². The first-order valence-corrected chi connectivity index (χ1v) is 15.2. The highest BCUT2D eigenvalue weighted by Crippen LogP contribution is 2.37. The van der Waals surface area contributed by atoms with E-state index in [9.17, 15) is 18.0 Å². The van der Waals surface area contributed by atoms with Crippen molar-refractivity contribution in [1.82, 2.24) is 35.6 Å². The third-order valence-corrected chi connectivity index (χ3v) is 9.76. The van der Waals surface area contributed by atoms with Crippen LogP contribution in [0.15, 0.2) is 78.7 Å². The molecule has 3 aromatic heterocycles. The summed E-state index contributed by atoms with van der Waals surface area (Å²) in [4.78, 5) is 45.9. The van der Waals surface area contributed by atoms with Crippen molar-refractivity contribution in [3.63, 3.8) is 0 Å². The van der Waals surface area contributed by atoms with E-state index in [-0.39, 0.29) is 27.0 Å². The van der Waals surface area contributed by atoms with E-state index in [0.29, 0.717) is 21.4 Å². The number of hydrogen-bond acceptors (Lipinski definition) is 10. The van der Waals surface area contributed by atoms with Gasteiger partial charge in [0, 0.05) is 53.6 Å². The first-order chi connectivity index (χ1) is 20.3. The molecule has 1 fully saturated rings. The Morgan fingerprint density at radius 1 is 0.952 bits per heavy atom. The van der Waals surface area contributed by atoms with E-state index in [1.165, 1.54) is 49.3 Å². The molecule has 0 spiro atoms. The molecule has 0 saturated heterocycles. The number of halogens is 1. The standard InChI is InChI=1S/C28H22FN7O4S2/c29-22-8-23-24(7-21(22)18-11-32-15-33-12-18)41-28(36-23)26(27(38)34-13-25(37)35-19-4-5-19)42(39,40)20-3-1-2-16(6-20)17-9-30-14-31-10-17/h1-3,6-12,14-15,19,26H,4-5,13H2,(H,34,38)(H,35,37). The van der Waals surface area contributed by atoms with Crippen molar-refractivity contribution in [2.24, 2.45) is 0 Å². The Kier molecular flexibility index (Phi) is 7.39. The summed E-state index contributed by atoms with van der Waals surface area (Å²) in [6.45, 7) is -0.402. The van der Waals surface area contributed by atoms with Crippen molar-refractivity contribution in [2.45, 2.75) is 29.0 Å². The molecule has 1 aliphatic rings. The summed E-state index contributed by atoms with van der Waals surface area (Å²) in [5.74, 6) is -1.95. The Hall–Kier alpha value is -4.69. The molecule has 2 aromatic carbocycles. The van der Waals surface area contributed by atoms with Crippen LogP contribution in [0.3, 0.4) is 0 Å². The van der Waals surface area contributed by atoms with E-state index >= 15 is 4.39 Å². The van der Waals surface area contributed by atoms with Gasteiger partial charge < -0.3 is 10.6 Å². The van der Waals surface area contributed by atoms with Crippen LogP contribution in [0.1, 0.15) is 23.1 Å². The molecular formula is C28H22FN7O4S2. The Morgan fingerprint density at radius 2 is 1.64 bits per heavy atom. The van der Waals surface area contributed by atoms with Crippen LogP contribution in [0.2, 0.25) is 0 Å². The molecule has 11 nitrogen and oxygen atoms in total. The number of fused-ring (bicyclic) bond motifs is 1. The third kappa shape index (κ3) is 5.71. The molecule has 1 saturated carbocycles. The fraction of sp³-hybridized carbons (Fsp3) is 0.179. The van der Waals surface area contributed by atoms with E-state index in [1.807, 2.05) is 0 Å². The molecule has 2 N–H and O–H groups in total. The zero-order valence-corrected chi connectivity index (χ0v) is 23.4. The van der Waals surface area contributed by atoms with Crippen LogP contribution in [0, 0.1) is 5.82 Å². The maximum Gasteiger partial charge on any atom is 0.246 e. The minimum absolute atomic E-state index is 0.0700. The number of amides is 2. The molecule has 0 radical (unpaired) electrons. The smallest absolute Gasteiger partial charge is 0.246 e. The SMILES string of the molecule is O=C(CNC(=O)C(c1nc2cc(F)c(-c3cncnc3)cc2s1)S(=O)(=O)c1cccc(-c2cncnc2)c1)NC1CC1. The van der Waals surface area contributed by atoms with Gasteiger partial charge in [0.25, 0.3) is 0 Å². The first kappa shape index (κ1) is 27.5. The molecular weight excluding hydrogens is 581 g/mol.